The molecule has 0 aliphatic heterocycles. The zero-order valence-electron chi connectivity index (χ0n) is 10.1. The fourth-order valence-corrected chi connectivity index (χ4v) is 1.35. The van der Waals surface area contributed by atoms with Crippen LogP contribution < -0.4 is 4.74 Å². The molecule has 1 rings (SSSR count). The molecule has 0 fully saturated rings. The lowest BCUT2D eigenvalue weighted by Crippen LogP contribution is -2.08. The predicted molar refractivity (Wildman–Crippen MR) is 62.9 cm³/mol. The summed E-state index contributed by atoms with van der Waals surface area (Å²) >= 11 is 0. The molecule has 0 saturated heterocycles. The largest absolute Gasteiger partial charge is 0.493 e. The molecule has 0 atom stereocenters. The Morgan fingerprint density at radius 2 is 2.06 bits per heavy atom. The van der Waals surface area contributed by atoms with E-state index < -0.39 is 0 Å². The maximum atomic E-state index is 11.7. The zero-order chi connectivity index (χ0) is 12.0. The number of hydrogen-bond donors (Lipinski definition) is 0. The van der Waals surface area contributed by atoms with E-state index in [9.17, 15) is 4.79 Å². The molecular formula is C13H18O3. The van der Waals surface area contributed by atoms with Crippen molar-refractivity contribution in [2.75, 3.05) is 13.2 Å². The summed E-state index contributed by atoms with van der Waals surface area (Å²) in [6, 6.07) is 5.54. The summed E-state index contributed by atoms with van der Waals surface area (Å²) in [5.41, 5.74) is 1.53. The highest BCUT2D eigenvalue weighted by molar-refractivity contribution is 5.92. The Morgan fingerprint density at radius 3 is 2.69 bits per heavy atom. The molecule has 0 radical (unpaired) electrons. The topological polar surface area (TPSA) is 35.5 Å². The van der Waals surface area contributed by atoms with Crippen molar-refractivity contribution in [3.8, 4) is 5.75 Å². The lowest BCUT2D eigenvalue weighted by atomic mass is 10.1. The second kappa shape index (κ2) is 6.16. The number of carbonyl (C=O) groups excluding carboxylic acids is 1. The van der Waals surface area contributed by atoms with Crippen LogP contribution in [0.3, 0.4) is 0 Å². The summed E-state index contributed by atoms with van der Waals surface area (Å²) < 4.78 is 10.5. The Hall–Kier alpha value is -1.51. The van der Waals surface area contributed by atoms with E-state index in [1.54, 1.807) is 13.0 Å². The summed E-state index contributed by atoms with van der Waals surface area (Å²) in [5.74, 6) is 0.281. The molecule has 0 unspecified atom stereocenters. The number of benzene rings is 1. The lowest BCUT2D eigenvalue weighted by Gasteiger charge is -2.10. The van der Waals surface area contributed by atoms with Crippen molar-refractivity contribution in [1.82, 2.24) is 0 Å². The van der Waals surface area contributed by atoms with Gasteiger partial charge in [0.15, 0.2) is 0 Å². The van der Waals surface area contributed by atoms with E-state index in [4.69, 9.17) is 9.47 Å². The van der Waals surface area contributed by atoms with Crippen LogP contribution in [0.15, 0.2) is 18.2 Å². The van der Waals surface area contributed by atoms with Gasteiger partial charge < -0.3 is 9.47 Å². The lowest BCUT2D eigenvalue weighted by molar-refractivity contribution is 0.0521. The average molecular weight is 222 g/mol. The van der Waals surface area contributed by atoms with Crippen molar-refractivity contribution in [3.05, 3.63) is 29.3 Å². The first-order valence-corrected chi connectivity index (χ1v) is 5.59. The van der Waals surface area contributed by atoms with Crippen LogP contribution >= 0.6 is 0 Å². The standard InChI is InChI=1S/C13H18O3/c1-4-8-16-12-7-6-10(3)9-11(12)13(14)15-5-2/h6-7,9H,4-5,8H2,1-3H3. The molecule has 0 saturated carbocycles. The number of aryl methyl sites for hydroxylation is 1. The molecule has 0 aliphatic carbocycles. The van der Waals surface area contributed by atoms with E-state index in [0.29, 0.717) is 24.5 Å². The van der Waals surface area contributed by atoms with Crippen LogP contribution in [0, 0.1) is 6.92 Å². The van der Waals surface area contributed by atoms with E-state index >= 15 is 0 Å². The molecule has 88 valence electrons. The monoisotopic (exact) mass is 222 g/mol. The smallest absolute Gasteiger partial charge is 0.341 e. The van der Waals surface area contributed by atoms with Gasteiger partial charge in [-0.25, -0.2) is 4.79 Å². The highest BCUT2D eigenvalue weighted by atomic mass is 16.5. The van der Waals surface area contributed by atoms with Gasteiger partial charge in [-0.2, -0.15) is 0 Å². The summed E-state index contributed by atoms with van der Waals surface area (Å²) in [5, 5.41) is 0. The highest BCUT2D eigenvalue weighted by Gasteiger charge is 2.13. The number of ether oxygens (including phenoxy) is 2. The normalized spacial score (nSPS) is 9.94. The zero-order valence-corrected chi connectivity index (χ0v) is 10.1. The summed E-state index contributed by atoms with van der Waals surface area (Å²) in [4.78, 5) is 11.7. The minimum atomic E-state index is -0.322. The SMILES string of the molecule is CCCOc1ccc(C)cc1C(=O)OCC. The molecule has 0 spiro atoms. The summed E-state index contributed by atoms with van der Waals surface area (Å²) in [7, 11) is 0. The van der Waals surface area contributed by atoms with Gasteiger partial charge in [-0.1, -0.05) is 18.6 Å². The first-order valence-electron chi connectivity index (χ1n) is 5.59. The number of carbonyl (C=O) groups is 1. The van der Waals surface area contributed by atoms with E-state index in [2.05, 4.69) is 0 Å². The summed E-state index contributed by atoms with van der Waals surface area (Å²) in [6.07, 6.45) is 0.913. The van der Waals surface area contributed by atoms with E-state index in [0.717, 1.165) is 12.0 Å². The predicted octanol–water partition coefficient (Wildman–Crippen LogP) is 2.96. The second-order valence-corrected chi connectivity index (χ2v) is 3.57. The van der Waals surface area contributed by atoms with Crippen molar-refractivity contribution in [3.63, 3.8) is 0 Å². The molecule has 3 heteroatoms. The minimum Gasteiger partial charge on any atom is -0.493 e. The fourth-order valence-electron chi connectivity index (χ4n) is 1.35. The van der Waals surface area contributed by atoms with Crippen molar-refractivity contribution in [2.24, 2.45) is 0 Å². The van der Waals surface area contributed by atoms with Gasteiger partial charge >= 0.3 is 5.97 Å². The number of hydrogen-bond acceptors (Lipinski definition) is 3. The maximum Gasteiger partial charge on any atom is 0.341 e. The molecule has 0 aromatic heterocycles. The first-order chi connectivity index (χ1) is 7.69. The number of esters is 1. The van der Waals surface area contributed by atoms with Crippen molar-refractivity contribution >= 4 is 5.97 Å². The molecule has 1 aromatic carbocycles. The third kappa shape index (κ3) is 3.26. The van der Waals surface area contributed by atoms with Crippen LogP contribution in [-0.4, -0.2) is 19.2 Å². The van der Waals surface area contributed by atoms with Crippen molar-refractivity contribution in [2.45, 2.75) is 27.2 Å². The maximum absolute atomic E-state index is 11.7. The van der Waals surface area contributed by atoms with Gasteiger partial charge in [0, 0.05) is 0 Å². The Morgan fingerprint density at radius 1 is 1.31 bits per heavy atom. The van der Waals surface area contributed by atoms with E-state index in [1.165, 1.54) is 0 Å². The highest BCUT2D eigenvalue weighted by Crippen LogP contribution is 2.21. The van der Waals surface area contributed by atoms with Crippen LogP contribution in [0.5, 0.6) is 5.75 Å². The fraction of sp³-hybridized carbons (Fsp3) is 0.462. The Balaban J connectivity index is 2.93. The molecule has 0 heterocycles. The van der Waals surface area contributed by atoms with Gasteiger partial charge in [-0.05, 0) is 32.4 Å². The van der Waals surface area contributed by atoms with Crippen LogP contribution in [0.4, 0.5) is 0 Å². The first kappa shape index (κ1) is 12.6. The molecule has 16 heavy (non-hydrogen) atoms. The van der Waals surface area contributed by atoms with Gasteiger partial charge in [-0.15, -0.1) is 0 Å². The molecule has 3 nitrogen and oxygen atoms in total. The van der Waals surface area contributed by atoms with Gasteiger partial charge in [0.2, 0.25) is 0 Å². The molecular weight excluding hydrogens is 204 g/mol. The second-order valence-electron chi connectivity index (χ2n) is 3.57. The molecule has 0 N–H and O–H groups in total. The van der Waals surface area contributed by atoms with Crippen LogP contribution in [0.1, 0.15) is 36.2 Å². The van der Waals surface area contributed by atoms with Gasteiger partial charge in [0.25, 0.3) is 0 Å². The van der Waals surface area contributed by atoms with Crippen LogP contribution in [0.25, 0.3) is 0 Å². The third-order valence-corrected chi connectivity index (χ3v) is 2.09. The van der Waals surface area contributed by atoms with Gasteiger partial charge in [-0.3, -0.25) is 0 Å². The Labute approximate surface area is 96.4 Å². The molecule has 0 aliphatic rings. The van der Waals surface area contributed by atoms with E-state index in [-0.39, 0.29) is 5.97 Å². The molecule has 0 amide bonds. The van der Waals surface area contributed by atoms with Crippen molar-refractivity contribution in [1.29, 1.82) is 0 Å². The van der Waals surface area contributed by atoms with Crippen LogP contribution in [-0.2, 0) is 4.74 Å². The quantitative estimate of drug-likeness (QED) is 0.718. The third-order valence-electron chi connectivity index (χ3n) is 2.09. The molecule has 1 aromatic rings. The Kier molecular flexibility index (Phi) is 4.83. The van der Waals surface area contributed by atoms with E-state index in [1.807, 2.05) is 26.0 Å². The Bertz CT molecular complexity index is 358. The van der Waals surface area contributed by atoms with Crippen LogP contribution in [0.2, 0.25) is 0 Å². The average Bonchev–Trinajstić information content (AvgIpc) is 2.27. The summed E-state index contributed by atoms with van der Waals surface area (Å²) in [6.45, 7) is 6.74. The molecule has 0 bridgehead atoms. The minimum absolute atomic E-state index is 0.322. The number of rotatable bonds is 5. The van der Waals surface area contributed by atoms with Gasteiger partial charge in [0.1, 0.15) is 11.3 Å². The van der Waals surface area contributed by atoms with Gasteiger partial charge in [0.05, 0.1) is 13.2 Å². The van der Waals surface area contributed by atoms with Crippen molar-refractivity contribution < 1.29 is 14.3 Å².